The zero-order valence-electron chi connectivity index (χ0n) is 7.89. The fraction of sp³-hybridized carbons (Fsp3) is 0.222. The van der Waals surface area contributed by atoms with Crippen LogP contribution in [0.25, 0.3) is 5.65 Å². The highest BCUT2D eigenvalue weighted by Crippen LogP contribution is 2.05. The maximum absolute atomic E-state index is 11.2. The molecule has 0 N–H and O–H groups in total. The number of hydrogen-bond acceptors (Lipinski definition) is 4. The lowest BCUT2D eigenvalue weighted by Gasteiger charge is -1.98. The molecule has 0 saturated carbocycles. The van der Waals surface area contributed by atoms with Crippen LogP contribution < -0.4 is 0 Å². The number of rotatable bonds is 1. The third kappa shape index (κ3) is 1.32. The third-order valence-corrected chi connectivity index (χ3v) is 1.86. The molecule has 0 aliphatic rings. The van der Waals surface area contributed by atoms with Crippen molar-refractivity contribution in [2.75, 3.05) is 7.11 Å². The minimum absolute atomic E-state index is 0.375. The van der Waals surface area contributed by atoms with Crippen LogP contribution in [0.15, 0.2) is 18.3 Å². The van der Waals surface area contributed by atoms with Gasteiger partial charge in [-0.05, 0) is 19.1 Å². The summed E-state index contributed by atoms with van der Waals surface area (Å²) in [7, 11) is 1.35. The van der Waals surface area contributed by atoms with Crippen LogP contribution in [0.2, 0.25) is 0 Å². The topological polar surface area (TPSA) is 56.5 Å². The Hall–Kier alpha value is -1.91. The number of aryl methyl sites for hydroxylation is 1. The number of hydrogen-bond donors (Lipinski definition) is 0. The smallest absolute Gasteiger partial charge is 0.339 e. The first kappa shape index (κ1) is 8.68. The molecule has 0 aromatic carbocycles. The molecule has 2 aromatic rings. The summed E-state index contributed by atoms with van der Waals surface area (Å²) in [5.41, 5.74) is 1.18. The van der Waals surface area contributed by atoms with Crippen molar-refractivity contribution in [3.8, 4) is 0 Å². The molecular weight excluding hydrogens is 182 g/mol. The van der Waals surface area contributed by atoms with Gasteiger partial charge in [0, 0.05) is 6.20 Å². The molecule has 0 aliphatic heterocycles. The SMILES string of the molecule is COC(=O)c1ccc2nc(C)nn2c1. The number of esters is 1. The first-order valence-electron chi connectivity index (χ1n) is 4.12. The molecule has 72 valence electrons. The number of methoxy groups -OCH3 is 1. The summed E-state index contributed by atoms with van der Waals surface area (Å²) in [4.78, 5) is 15.3. The maximum Gasteiger partial charge on any atom is 0.339 e. The van der Waals surface area contributed by atoms with Crippen molar-refractivity contribution in [1.82, 2.24) is 14.6 Å². The minimum Gasteiger partial charge on any atom is -0.465 e. The van der Waals surface area contributed by atoms with Crippen LogP contribution in [0.3, 0.4) is 0 Å². The first-order chi connectivity index (χ1) is 6.70. The van der Waals surface area contributed by atoms with E-state index in [-0.39, 0.29) is 5.97 Å². The van der Waals surface area contributed by atoms with Crippen molar-refractivity contribution in [3.63, 3.8) is 0 Å². The summed E-state index contributed by atoms with van der Waals surface area (Å²) in [5, 5.41) is 4.09. The van der Waals surface area contributed by atoms with E-state index >= 15 is 0 Å². The van der Waals surface area contributed by atoms with Crippen LogP contribution in [0.5, 0.6) is 0 Å². The zero-order chi connectivity index (χ0) is 10.1. The van der Waals surface area contributed by atoms with E-state index < -0.39 is 0 Å². The molecule has 2 aromatic heterocycles. The van der Waals surface area contributed by atoms with Crippen molar-refractivity contribution in [1.29, 1.82) is 0 Å². The normalized spacial score (nSPS) is 10.4. The quantitative estimate of drug-likeness (QED) is 0.626. The summed E-state index contributed by atoms with van der Waals surface area (Å²) in [6.07, 6.45) is 1.60. The molecule has 0 fully saturated rings. The number of aromatic nitrogens is 3. The van der Waals surface area contributed by atoms with Gasteiger partial charge < -0.3 is 4.74 Å². The molecule has 2 rings (SSSR count). The van der Waals surface area contributed by atoms with Gasteiger partial charge in [-0.2, -0.15) is 5.10 Å². The Bertz CT molecular complexity index is 490. The fourth-order valence-electron chi connectivity index (χ4n) is 1.23. The Balaban J connectivity index is 2.55. The monoisotopic (exact) mass is 191 g/mol. The van der Waals surface area contributed by atoms with Gasteiger partial charge in [-0.25, -0.2) is 14.3 Å². The van der Waals surface area contributed by atoms with E-state index in [1.807, 2.05) is 0 Å². The molecule has 14 heavy (non-hydrogen) atoms. The molecule has 0 atom stereocenters. The van der Waals surface area contributed by atoms with Crippen molar-refractivity contribution in [2.45, 2.75) is 6.92 Å². The lowest BCUT2D eigenvalue weighted by atomic mass is 10.3. The van der Waals surface area contributed by atoms with Gasteiger partial charge in [0.25, 0.3) is 0 Å². The first-order valence-corrected chi connectivity index (χ1v) is 4.12. The lowest BCUT2D eigenvalue weighted by Crippen LogP contribution is -2.03. The van der Waals surface area contributed by atoms with Crippen LogP contribution in [0.1, 0.15) is 16.2 Å². The fourth-order valence-corrected chi connectivity index (χ4v) is 1.23. The van der Waals surface area contributed by atoms with Gasteiger partial charge in [-0.1, -0.05) is 0 Å². The third-order valence-electron chi connectivity index (χ3n) is 1.86. The number of ether oxygens (including phenoxy) is 1. The van der Waals surface area contributed by atoms with Crippen LogP contribution in [0.4, 0.5) is 0 Å². The molecule has 0 radical (unpaired) electrons. The van der Waals surface area contributed by atoms with Crippen LogP contribution >= 0.6 is 0 Å². The van der Waals surface area contributed by atoms with E-state index in [2.05, 4.69) is 14.8 Å². The summed E-state index contributed by atoms with van der Waals surface area (Å²) in [5.74, 6) is 0.298. The standard InChI is InChI=1S/C9H9N3O2/c1-6-10-8-4-3-7(9(13)14-2)5-12(8)11-6/h3-5H,1-2H3. The number of carbonyl (C=O) groups excluding carboxylic acids is 1. The van der Waals surface area contributed by atoms with E-state index in [0.29, 0.717) is 11.4 Å². The number of carbonyl (C=O) groups is 1. The van der Waals surface area contributed by atoms with Gasteiger partial charge in [0.2, 0.25) is 0 Å². The molecule has 0 aliphatic carbocycles. The maximum atomic E-state index is 11.2. The van der Waals surface area contributed by atoms with E-state index in [4.69, 9.17) is 0 Å². The van der Waals surface area contributed by atoms with Gasteiger partial charge in [0.05, 0.1) is 12.7 Å². The van der Waals surface area contributed by atoms with Gasteiger partial charge in [0.1, 0.15) is 5.82 Å². The molecule has 0 unspecified atom stereocenters. The van der Waals surface area contributed by atoms with Gasteiger partial charge in [0.15, 0.2) is 5.65 Å². The second kappa shape index (κ2) is 3.10. The van der Waals surface area contributed by atoms with Crippen molar-refractivity contribution < 1.29 is 9.53 Å². The molecule has 0 amide bonds. The molecular formula is C9H9N3O2. The molecule has 0 bridgehead atoms. The number of fused-ring (bicyclic) bond motifs is 1. The predicted molar refractivity (Wildman–Crippen MR) is 49.1 cm³/mol. The summed E-state index contributed by atoms with van der Waals surface area (Å²) in [6, 6.07) is 3.39. The predicted octanol–water partition coefficient (Wildman–Crippen LogP) is 0.824. The van der Waals surface area contributed by atoms with Crippen molar-refractivity contribution in [3.05, 3.63) is 29.7 Å². The molecule has 0 saturated heterocycles. The highest BCUT2D eigenvalue weighted by Gasteiger charge is 2.07. The Labute approximate surface area is 80.3 Å². The van der Waals surface area contributed by atoms with Gasteiger partial charge >= 0.3 is 5.97 Å². The largest absolute Gasteiger partial charge is 0.465 e. The van der Waals surface area contributed by atoms with Gasteiger partial charge in [-0.15, -0.1) is 0 Å². The molecule has 0 spiro atoms. The van der Waals surface area contributed by atoms with Crippen molar-refractivity contribution in [2.24, 2.45) is 0 Å². The highest BCUT2D eigenvalue weighted by atomic mass is 16.5. The second-order valence-electron chi connectivity index (χ2n) is 2.87. The molecule has 5 heteroatoms. The average molecular weight is 191 g/mol. The highest BCUT2D eigenvalue weighted by molar-refractivity contribution is 5.89. The number of pyridine rings is 1. The van der Waals surface area contributed by atoms with E-state index in [1.165, 1.54) is 7.11 Å². The average Bonchev–Trinajstić information content (AvgIpc) is 2.55. The lowest BCUT2D eigenvalue weighted by molar-refractivity contribution is 0.0600. The summed E-state index contributed by atoms with van der Waals surface area (Å²) in [6.45, 7) is 1.80. The Morgan fingerprint density at radius 1 is 1.50 bits per heavy atom. The van der Waals surface area contributed by atoms with E-state index in [1.54, 1.807) is 29.8 Å². The van der Waals surface area contributed by atoms with Crippen LogP contribution in [0, 0.1) is 6.92 Å². The minimum atomic E-state index is -0.375. The van der Waals surface area contributed by atoms with Crippen molar-refractivity contribution >= 4 is 11.6 Å². The Morgan fingerprint density at radius 2 is 2.29 bits per heavy atom. The molecule has 5 nitrogen and oxygen atoms in total. The number of nitrogens with zero attached hydrogens (tertiary/aromatic N) is 3. The van der Waals surface area contributed by atoms with E-state index in [0.717, 1.165) is 5.65 Å². The summed E-state index contributed by atoms with van der Waals surface area (Å²) >= 11 is 0. The van der Waals surface area contributed by atoms with Crippen LogP contribution in [-0.4, -0.2) is 27.7 Å². The van der Waals surface area contributed by atoms with Crippen LogP contribution in [-0.2, 0) is 4.74 Å². The second-order valence-corrected chi connectivity index (χ2v) is 2.87. The molecule has 2 heterocycles. The Kier molecular flexibility index (Phi) is 1.92. The van der Waals surface area contributed by atoms with E-state index in [9.17, 15) is 4.79 Å². The Morgan fingerprint density at radius 3 is 3.00 bits per heavy atom. The summed E-state index contributed by atoms with van der Waals surface area (Å²) < 4.78 is 6.15. The van der Waals surface area contributed by atoms with Gasteiger partial charge in [-0.3, -0.25) is 0 Å². The zero-order valence-corrected chi connectivity index (χ0v) is 7.89.